The van der Waals surface area contributed by atoms with Crippen LogP contribution in [0.4, 0.5) is 0 Å². The summed E-state index contributed by atoms with van der Waals surface area (Å²) in [6, 6.07) is 61.0. The van der Waals surface area contributed by atoms with Crippen LogP contribution in [0.5, 0.6) is 23.0 Å². The minimum atomic E-state index is -0.0222. The molecule has 2 aliphatic heterocycles. The first-order chi connectivity index (χ1) is 26.6. The summed E-state index contributed by atoms with van der Waals surface area (Å²) in [7, 11) is 0. The quantitative estimate of drug-likeness (QED) is 0.172. The number of ether oxygens (including phenoxy) is 2. The maximum absolute atomic E-state index is 6.91. The van der Waals surface area contributed by atoms with Gasteiger partial charge in [-0.25, -0.2) is 0 Å². The highest BCUT2D eigenvalue weighted by atomic mass is 16.5. The van der Waals surface area contributed by atoms with Gasteiger partial charge in [-0.3, -0.25) is 0 Å². The van der Waals surface area contributed by atoms with Crippen LogP contribution in [0, 0.1) is 13.8 Å². The topological polar surface area (TPSA) is 23.4 Å². The number of nitrogens with zero attached hydrogens (tertiary/aromatic N) is 1. The molecular formula is C50H34BNO2. The van der Waals surface area contributed by atoms with E-state index in [1.807, 2.05) is 0 Å². The Morgan fingerprint density at radius 2 is 0.852 bits per heavy atom. The third kappa shape index (κ3) is 4.70. The minimum absolute atomic E-state index is 0.0222. The van der Waals surface area contributed by atoms with Crippen molar-refractivity contribution in [2.45, 2.75) is 13.8 Å². The van der Waals surface area contributed by atoms with Crippen molar-refractivity contribution in [3.8, 4) is 62.1 Å². The molecule has 0 saturated heterocycles. The second-order valence-corrected chi connectivity index (χ2v) is 14.6. The Bertz CT molecular complexity index is 2800. The fourth-order valence-corrected chi connectivity index (χ4v) is 8.79. The summed E-state index contributed by atoms with van der Waals surface area (Å²) in [5, 5.41) is 2.51. The van der Waals surface area contributed by atoms with Crippen LogP contribution >= 0.6 is 0 Å². The molecule has 0 saturated carbocycles. The Balaban J connectivity index is 1.06. The predicted molar refractivity (Wildman–Crippen MR) is 224 cm³/mol. The van der Waals surface area contributed by atoms with E-state index in [9.17, 15) is 0 Å². The molecule has 2 aliphatic rings. The van der Waals surface area contributed by atoms with Crippen LogP contribution in [0.2, 0.25) is 0 Å². The van der Waals surface area contributed by atoms with Gasteiger partial charge in [0.2, 0.25) is 0 Å². The number of aromatic nitrogens is 1. The molecule has 0 atom stereocenters. The van der Waals surface area contributed by atoms with Crippen molar-refractivity contribution < 1.29 is 9.47 Å². The number of fused-ring (bicyclic) bond motifs is 7. The standard InChI is InChI=1S/C50H34BNO2/c1-31-11-3-5-13-38(31)34-21-25-42-46(27-34)53-48-29-36(30-49-50(48)51(42)43-26-22-35(28-47(43)54-49)39-14-6-4-12-32(39)2)33-19-23-37(24-20-33)52-44-17-9-7-15-40(44)41-16-8-10-18-45(41)52/h3-30H,1-2H3. The molecule has 3 heterocycles. The smallest absolute Gasteiger partial charge is 0.260 e. The Morgan fingerprint density at radius 3 is 1.37 bits per heavy atom. The van der Waals surface area contributed by atoms with Crippen LogP contribution in [0.25, 0.3) is 60.9 Å². The second-order valence-electron chi connectivity index (χ2n) is 14.6. The van der Waals surface area contributed by atoms with E-state index in [4.69, 9.17) is 9.47 Å². The van der Waals surface area contributed by atoms with Crippen LogP contribution in [-0.4, -0.2) is 11.3 Å². The lowest BCUT2D eigenvalue weighted by Gasteiger charge is -2.34. The van der Waals surface area contributed by atoms with E-state index in [1.165, 1.54) is 44.1 Å². The summed E-state index contributed by atoms with van der Waals surface area (Å²) in [5.74, 6) is 3.44. The number of aryl methyl sites for hydroxylation is 2. The molecule has 0 bridgehead atoms. The Kier molecular flexibility index (Phi) is 6.78. The molecule has 54 heavy (non-hydrogen) atoms. The number of benzene rings is 8. The van der Waals surface area contributed by atoms with E-state index in [0.717, 1.165) is 67.3 Å². The van der Waals surface area contributed by atoms with Crippen LogP contribution in [-0.2, 0) is 0 Å². The lowest BCUT2D eigenvalue weighted by molar-refractivity contribution is 0.465. The van der Waals surface area contributed by atoms with E-state index in [0.29, 0.717) is 0 Å². The maximum Gasteiger partial charge on any atom is 0.260 e. The normalized spacial score (nSPS) is 12.5. The molecule has 0 fully saturated rings. The van der Waals surface area contributed by atoms with E-state index in [1.54, 1.807) is 0 Å². The fourth-order valence-electron chi connectivity index (χ4n) is 8.79. The van der Waals surface area contributed by atoms with Gasteiger partial charge in [0.15, 0.2) is 0 Å². The third-order valence-electron chi connectivity index (χ3n) is 11.4. The summed E-state index contributed by atoms with van der Waals surface area (Å²) < 4.78 is 16.2. The predicted octanol–water partition coefficient (Wildman–Crippen LogP) is 11.1. The molecule has 3 nitrogen and oxygen atoms in total. The van der Waals surface area contributed by atoms with Crippen molar-refractivity contribution in [3.05, 3.63) is 181 Å². The van der Waals surface area contributed by atoms with Gasteiger partial charge in [0.05, 0.1) is 11.0 Å². The van der Waals surface area contributed by atoms with Gasteiger partial charge in [-0.1, -0.05) is 121 Å². The number of hydrogen-bond acceptors (Lipinski definition) is 2. The molecule has 254 valence electrons. The third-order valence-corrected chi connectivity index (χ3v) is 11.4. The molecule has 11 rings (SSSR count). The van der Waals surface area contributed by atoms with Crippen LogP contribution in [0.15, 0.2) is 170 Å². The molecule has 0 spiro atoms. The van der Waals surface area contributed by atoms with Crippen molar-refractivity contribution in [1.82, 2.24) is 4.57 Å². The van der Waals surface area contributed by atoms with Gasteiger partial charge in [-0.2, -0.15) is 0 Å². The lowest BCUT2D eigenvalue weighted by atomic mass is 9.34. The molecule has 8 aromatic carbocycles. The molecule has 0 unspecified atom stereocenters. The van der Waals surface area contributed by atoms with Crippen LogP contribution < -0.4 is 25.9 Å². The zero-order chi connectivity index (χ0) is 35.9. The molecule has 0 aliphatic carbocycles. The zero-order valence-electron chi connectivity index (χ0n) is 30.0. The molecule has 4 heteroatoms. The number of rotatable bonds is 4. The first kappa shape index (κ1) is 30.8. The van der Waals surface area contributed by atoms with Gasteiger partial charge in [0.1, 0.15) is 23.0 Å². The first-order valence-corrected chi connectivity index (χ1v) is 18.6. The lowest BCUT2D eigenvalue weighted by Crippen LogP contribution is -2.57. The van der Waals surface area contributed by atoms with Gasteiger partial charge >= 0.3 is 0 Å². The van der Waals surface area contributed by atoms with Gasteiger partial charge in [-0.15, -0.1) is 0 Å². The van der Waals surface area contributed by atoms with Gasteiger partial charge in [0.25, 0.3) is 6.71 Å². The SMILES string of the molecule is Cc1ccccc1-c1ccc2c(c1)Oc1cc(-c3ccc(-n4c5ccccc5c5ccccc54)cc3)cc3c1B2c1ccc(-c2ccccc2C)cc1O3. The van der Waals surface area contributed by atoms with E-state index < -0.39 is 0 Å². The van der Waals surface area contributed by atoms with Crippen LogP contribution in [0.1, 0.15) is 11.1 Å². The van der Waals surface area contributed by atoms with Gasteiger partial charge < -0.3 is 14.0 Å². The van der Waals surface area contributed by atoms with E-state index in [-0.39, 0.29) is 6.71 Å². The number of para-hydroxylation sites is 2. The summed E-state index contributed by atoms with van der Waals surface area (Å²) in [6.45, 7) is 4.30. The largest absolute Gasteiger partial charge is 0.458 e. The average Bonchev–Trinajstić information content (AvgIpc) is 3.55. The maximum atomic E-state index is 6.91. The van der Waals surface area contributed by atoms with Crippen molar-refractivity contribution in [3.63, 3.8) is 0 Å². The molecule has 1 aromatic heterocycles. The van der Waals surface area contributed by atoms with Gasteiger partial charge in [0, 0.05) is 21.9 Å². The van der Waals surface area contributed by atoms with Crippen LogP contribution in [0.3, 0.4) is 0 Å². The molecule has 0 amide bonds. The molecule has 9 aromatic rings. The highest BCUT2D eigenvalue weighted by molar-refractivity contribution is 6.98. The molecule has 0 N–H and O–H groups in total. The van der Waals surface area contributed by atoms with Crippen molar-refractivity contribution >= 4 is 44.9 Å². The summed E-state index contributed by atoms with van der Waals surface area (Å²) in [5.41, 5.74) is 16.2. The molecular weight excluding hydrogens is 657 g/mol. The Hall–Kier alpha value is -6.78. The highest BCUT2D eigenvalue weighted by Crippen LogP contribution is 2.41. The Labute approximate surface area is 314 Å². The average molecular weight is 692 g/mol. The van der Waals surface area contributed by atoms with Crippen molar-refractivity contribution in [2.75, 3.05) is 0 Å². The monoisotopic (exact) mass is 691 g/mol. The Morgan fingerprint density at radius 1 is 0.407 bits per heavy atom. The van der Waals surface area contributed by atoms with Gasteiger partial charge in [-0.05, 0) is 118 Å². The van der Waals surface area contributed by atoms with E-state index >= 15 is 0 Å². The van der Waals surface area contributed by atoms with Crippen molar-refractivity contribution in [2.24, 2.45) is 0 Å². The fraction of sp³-hybridized carbons (Fsp3) is 0.0400. The molecule has 0 radical (unpaired) electrons. The summed E-state index contributed by atoms with van der Waals surface area (Å²) >= 11 is 0. The summed E-state index contributed by atoms with van der Waals surface area (Å²) in [4.78, 5) is 0. The zero-order valence-corrected chi connectivity index (χ0v) is 30.0. The van der Waals surface area contributed by atoms with E-state index in [2.05, 4.69) is 188 Å². The highest BCUT2D eigenvalue weighted by Gasteiger charge is 2.40. The minimum Gasteiger partial charge on any atom is -0.458 e. The second kappa shape index (κ2) is 11.9. The summed E-state index contributed by atoms with van der Waals surface area (Å²) in [6.07, 6.45) is 0. The first-order valence-electron chi connectivity index (χ1n) is 18.6. The number of hydrogen-bond donors (Lipinski definition) is 0. The van der Waals surface area contributed by atoms with Crippen molar-refractivity contribution in [1.29, 1.82) is 0 Å².